The second-order valence-corrected chi connectivity index (χ2v) is 4.70. The third-order valence-electron chi connectivity index (χ3n) is 3.21. The van der Waals surface area contributed by atoms with Gasteiger partial charge in [0.15, 0.2) is 0 Å². The summed E-state index contributed by atoms with van der Waals surface area (Å²) in [4.78, 5) is 16.1. The van der Waals surface area contributed by atoms with Crippen LogP contribution in [-0.2, 0) is 0 Å². The summed E-state index contributed by atoms with van der Waals surface area (Å²) in [7, 11) is 0. The number of amides is 1. The molecule has 0 fully saturated rings. The number of aromatic amines is 1. The van der Waals surface area contributed by atoms with Gasteiger partial charge in [-0.3, -0.25) is 14.9 Å². The molecule has 5 heteroatoms. The number of hydrogen-bond acceptors (Lipinski definition) is 3. The van der Waals surface area contributed by atoms with Crippen molar-refractivity contribution in [2.24, 2.45) is 0 Å². The SMILES string of the molecule is Cc1cc(-c2ccn[nH]2)ccc1NC(=O)c1cccnc1. The lowest BCUT2D eigenvalue weighted by Crippen LogP contribution is -2.12. The molecule has 0 radical (unpaired) electrons. The molecule has 0 aliphatic rings. The molecule has 2 N–H and O–H groups in total. The number of nitrogens with zero attached hydrogens (tertiary/aromatic N) is 2. The van der Waals surface area contributed by atoms with Crippen LogP contribution in [0.15, 0.2) is 55.0 Å². The third kappa shape index (κ3) is 2.81. The molecule has 0 saturated carbocycles. The maximum atomic E-state index is 12.1. The van der Waals surface area contributed by atoms with E-state index in [1.54, 1.807) is 30.7 Å². The fourth-order valence-corrected chi connectivity index (χ4v) is 2.08. The lowest BCUT2D eigenvalue weighted by atomic mass is 10.1. The Kier molecular flexibility index (Phi) is 3.47. The second kappa shape index (κ2) is 5.58. The van der Waals surface area contributed by atoms with E-state index in [-0.39, 0.29) is 5.91 Å². The molecule has 0 atom stereocenters. The van der Waals surface area contributed by atoms with E-state index in [4.69, 9.17) is 0 Å². The van der Waals surface area contributed by atoms with Gasteiger partial charge in [0.25, 0.3) is 5.91 Å². The number of carbonyl (C=O) groups excluding carboxylic acids is 1. The Morgan fingerprint density at radius 3 is 2.76 bits per heavy atom. The van der Waals surface area contributed by atoms with Gasteiger partial charge >= 0.3 is 0 Å². The molecule has 0 unspecified atom stereocenters. The standard InChI is InChI=1S/C16H14N4O/c1-11-9-12(15-6-8-18-20-15)4-5-14(11)19-16(21)13-3-2-7-17-10-13/h2-10H,1H3,(H,18,20)(H,19,21). The maximum Gasteiger partial charge on any atom is 0.257 e. The highest BCUT2D eigenvalue weighted by atomic mass is 16.1. The van der Waals surface area contributed by atoms with E-state index in [0.29, 0.717) is 5.56 Å². The van der Waals surface area contributed by atoms with Gasteiger partial charge in [-0.15, -0.1) is 0 Å². The Labute approximate surface area is 122 Å². The number of aromatic nitrogens is 3. The number of pyridine rings is 1. The van der Waals surface area contributed by atoms with Gasteiger partial charge in [-0.25, -0.2) is 0 Å². The Bertz CT molecular complexity index is 751. The highest BCUT2D eigenvalue weighted by molar-refractivity contribution is 6.04. The number of rotatable bonds is 3. The van der Waals surface area contributed by atoms with E-state index in [9.17, 15) is 4.79 Å². The molecule has 1 aromatic carbocycles. The summed E-state index contributed by atoms with van der Waals surface area (Å²) in [6.45, 7) is 1.96. The summed E-state index contributed by atoms with van der Waals surface area (Å²) in [6.07, 6.45) is 4.90. The fourth-order valence-electron chi connectivity index (χ4n) is 2.08. The fraction of sp³-hybridized carbons (Fsp3) is 0.0625. The highest BCUT2D eigenvalue weighted by Gasteiger charge is 2.08. The largest absolute Gasteiger partial charge is 0.322 e. The predicted molar refractivity (Wildman–Crippen MR) is 81.0 cm³/mol. The lowest BCUT2D eigenvalue weighted by molar-refractivity contribution is 0.102. The Morgan fingerprint density at radius 2 is 2.10 bits per heavy atom. The van der Waals surface area contributed by atoms with Crippen molar-refractivity contribution in [1.29, 1.82) is 0 Å². The molecule has 21 heavy (non-hydrogen) atoms. The molecule has 104 valence electrons. The van der Waals surface area contributed by atoms with E-state index in [1.165, 1.54) is 0 Å². The predicted octanol–water partition coefficient (Wildman–Crippen LogP) is 3.03. The minimum Gasteiger partial charge on any atom is -0.322 e. The quantitative estimate of drug-likeness (QED) is 0.773. The zero-order valence-corrected chi connectivity index (χ0v) is 11.5. The molecule has 0 bridgehead atoms. The monoisotopic (exact) mass is 278 g/mol. The van der Waals surface area contributed by atoms with Crippen LogP contribution in [0.1, 0.15) is 15.9 Å². The summed E-state index contributed by atoms with van der Waals surface area (Å²) >= 11 is 0. The van der Waals surface area contributed by atoms with Crippen LogP contribution in [-0.4, -0.2) is 21.1 Å². The van der Waals surface area contributed by atoms with Crippen LogP contribution < -0.4 is 5.32 Å². The smallest absolute Gasteiger partial charge is 0.257 e. The van der Waals surface area contributed by atoms with E-state index < -0.39 is 0 Å². The van der Waals surface area contributed by atoms with Crippen LogP contribution in [0, 0.1) is 6.92 Å². The van der Waals surface area contributed by atoms with Crippen LogP contribution >= 0.6 is 0 Å². The van der Waals surface area contributed by atoms with Crippen molar-refractivity contribution >= 4 is 11.6 Å². The molecule has 5 nitrogen and oxygen atoms in total. The van der Waals surface area contributed by atoms with Crippen molar-refractivity contribution in [3.05, 3.63) is 66.1 Å². The van der Waals surface area contributed by atoms with Gasteiger partial charge < -0.3 is 5.32 Å². The van der Waals surface area contributed by atoms with Gasteiger partial charge in [0.05, 0.1) is 11.3 Å². The van der Waals surface area contributed by atoms with Crippen molar-refractivity contribution in [3.63, 3.8) is 0 Å². The van der Waals surface area contributed by atoms with Gasteiger partial charge in [-0.1, -0.05) is 6.07 Å². The minimum atomic E-state index is -0.166. The first-order chi connectivity index (χ1) is 10.2. The number of aryl methyl sites for hydroxylation is 1. The molecule has 0 saturated heterocycles. The third-order valence-corrected chi connectivity index (χ3v) is 3.21. The highest BCUT2D eigenvalue weighted by Crippen LogP contribution is 2.23. The average Bonchev–Trinajstić information content (AvgIpc) is 3.04. The topological polar surface area (TPSA) is 70.7 Å². The number of benzene rings is 1. The van der Waals surface area contributed by atoms with Crippen LogP contribution in [0.2, 0.25) is 0 Å². The van der Waals surface area contributed by atoms with Crippen molar-refractivity contribution in [2.45, 2.75) is 6.92 Å². The summed E-state index contributed by atoms with van der Waals surface area (Å²) in [5.74, 6) is -0.166. The Balaban J connectivity index is 1.82. The van der Waals surface area contributed by atoms with Crippen molar-refractivity contribution in [3.8, 4) is 11.3 Å². The van der Waals surface area contributed by atoms with Crippen molar-refractivity contribution in [2.75, 3.05) is 5.32 Å². The van der Waals surface area contributed by atoms with Gasteiger partial charge in [0.2, 0.25) is 0 Å². The molecular weight excluding hydrogens is 264 g/mol. The molecule has 0 aliphatic heterocycles. The maximum absolute atomic E-state index is 12.1. The molecule has 0 aliphatic carbocycles. The molecule has 2 aromatic heterocycles. The molecular formula is C16H14N4O. The zero-order chi connectivity index (χ0) is 14.7. The Morgan fingerprint density at radius 1 is 1.19 bits per heavy atom. The minimum absolute atomic E-state index is 0.166. The molecule has 1 amide bonds. The van der Waals surface area contributed by atoms with Gasteiger partial charge in [-0.05, 0) is 48.4 Å². The van der Waals surface area contributed by atoms with E-state index in [2.05, 4.69) is 20.5 Å². The molecule has 3 rings (SSSR count). The number of H-pyrrole nitrogens is 1. The summed E-state index contributed by atoms with van der Waals surface area (Å²) in [5, 5.41) is 9.75. The second-order valence-electron chi connectivity index (χ2n) is 4.70. The first kappa shape index (κ1) is 13.1. The number of anilines is 1. The van der Waals surface area contributed by atoms with Crippen molar-refractivity contribution in [1.82, 2.24) is 15.2 Å². The van der Waals surface area contributed by atoms with Crippen LogP contribution in [0.4, 0.5) is 5.69 Å². The summed E-state index contributed by atoms with van der Waals surface area (Å²) in [5.41, 5.74) is 4.29. The summed E-state index contributed by atoms with van der Waals surface area (Å²) < 4.78 is 0. The van der Waals surface area contributed by atoms with Gasteiger partial charge in [-0.2, -0.15) is 5.10 Å². The number of carbonyl (C=O) groups is 1. The van der Waals surface area contributed by atoms with Gasteiger partial charge in [0.1, 0.15) is 0 Å². The average molecular weight is 278 g/mol. The molecule has 0 spiro atoms. The molecule has 2 heterocycles. The van der Waals surface area contributed by atoms with E-state index in [0.717, 1.165) is 22.5 Å². The van der Waals surface area contributed by atoms with Crippen LogP contribution in [0.25, 0.3) is 11.3 Å². The Hall–Kier alpha value is -2.95. The van der Waals surface area contributed by atoms with Crippen molar-refractivity contribution < 1.29 is 4.79 Å². The van der Waals surface area contributed by atoms with Gasteiger partial charge in [0, 0.05) is 24.3 Å². The number of nitrogens with one attached hydrogen (secondary N) is 2. The zero-order valence-electron chi connectivity index (χ0n) is 11.5. The van der Waals surface area contributed by atoms with Crippen LogP contribution in [0.5, 0.6) is 0 Å². The lowest BCUT2D eigenvalue weighted by Gasteiger charge is -2.09. The first-order valence-corrected chi connectivity index (χ1v) is 6.56. The number of hydrogen-bond donors (Lipinski definition) is 2. The van der Waals surface area contributed by atoms with E-state index >= 15 is 0 Å². The summed E-state index contributed by atoms with van der Waals surface area (Å²) in [6, 6.07) is 11.2. The van der Waals surface area contributed by atoms with E-state index in [1.807, 2.05) is 31.2 Å². The molecule has 3 aromatic rings. The first-order valence-electron chi connectivity index (χ1n) is 6.56. The normalized spacial score (nSPS) is 10.3. The van der Waals surface area contributed by atoms with Crippen LogP contribution in [0.3, 0.4) is 0 Å².